The Morgan fingerprint density at radius 3 is 2.88 bits per heavy atom. The summed E-state index contributed by atoms with van der Waals surface area (Å²) in [6, 6.07) is 7.92. The normalized spacial score (nSPS) is 11.1. The summed E-state index contributed by atoms with van der Waals surface area (Å²) < 4.78 is 5.06. The van der Waals surface area contributed by atoms with Crippen LogP contribution in [0.25, 0.3) is 11.0 Å². The summed E-state index contributed by atoms with van der Waals surface area (Å²) >= 11 is 0. The van der Waals surface area contributed by atoms with Crippen LogP contribution in [0.2, 0.25) is 0 Å². The number of rotatable bonds is 3. The van der Waals surface area contributed by atoms with Crippen molar-refractivity contribution in [1.29, 1.82) is 0 Å². The van der Waals surface area contributed by atoms with E-state index in [2.05, 4.69) is 20.1 Å². The summed E-state index contributed by atoms with van der Waals surface area (Å²) in [4.78, 5) is 12.0. The van der Waals surface area contributed by atoms with Gasteiger partial charge in [-0.1, -0.05) is 24.2 Å². The number of benzene rings is 1. The molecule has 3 rings (SSSR count). The molecule has 0 unspecified atom stereocenters. The summed E-state index contributed by atoms with van der Waals surface area (Å²) in [5.74, 6) is 2.19. The number of aromatic nitrogens is 4. The van der Waals surface area contributed by atoms with Gasteiger partial charge in [0.05, 0.1) is 17.5 Å². The molecular formula is C12H12N4O. The molecule has 0 atom stereocenters. The molecule has 0 saturated heterocycles. The highest BCUT2D eigenvalue weighted by atomic mass is 16.5. The topological polar surface area (TPSA) is 67.6 Å². The van der Waals surface area contributed by atoms with Crippen molar-refractivity contribution in [2.45, 2.75) is 19.8 Å². The van der Waals surface area contributed by atoms with Gasteiger partial charge in [0.1, 0.15) is 5.82 Å². The zero-order chi connectivity index (χ0) is 11.7. The highest BCUT2D eigenvalue weighted by molar-refractivity contribution is 5.74. The van der Waals surface area contributed by atoms with Gasteiger partial charge in [0.15, 0.2) is 5.82 Å². The number of hydrogen-bond donors (Lipinski definition) is 1. The van der Waals surface area contributed by atoms with Crippen molar-refractivity contribution < 1.29 is 4.52 Å². The number of H-pyrrole nitrogens is 1. The Hall–Kier alpha value is -2.17. The number of imidazole rings is 1. The van der Waals surface area contributed by atoms with Crippen LogP contribution < -0.4 is 0 Å². The Balaban J connectivity index is 1.89. The molecule has 0 saturated carbocycles. The SMILES string of the molecule is CCc1nc(Cc2nc3ccccc3[nH]2)no1. The van der Waals surface area contributed by atoms with E-state index in [1.54, 1.807) is 0 Å². The molecule has 3 aromatic rings. The number of nitrogens with zero attached hydrogens (tertiary/aromatic N) is 3. The first-order chi connectivity index (χ1) is 8.35. The van der Waals surface area contributed by atoms with Gasteiger partial charge in [0.2, 0.25) is 5.89 Å². The van der Waals surface area contributed by atoms with Crippen LogP contribution >= 0.6 is 0 Å². The third kappa shape index (κ3) is 1.91. The second-order valence-corrected chi connectivity index (χ2v) is 3.84. The highest BCUT2D eigenvalue weighted by Gasteiger charge is 2.08. The predicted molar refractivity (Wildman–Crippen MR) is 62.6 cm³/mol. The van der Waals surface area contributed by atoms with Gasteiger partial charge in [-0.15, -0.1) is 0 Å². The molecule has 5 heteroatoms. The van der Waals surface area contributed by atoms with Crippen LogP contribution in [0.3, 0.4) is 0 Å². The summed E-state index contributed by atoms with van der Waals surface area (Å²) in [5.41, 5.74) is 1.99. The van der Waals surface area contributed by atoms with Crippen LogP contribution in [-0.2, 0) is 12.8 Å². The minimum absolute atomic E-state index is 0.568. The number of aryl methyl sites for hydroxylation is 1. The number of fused-ring (bicyclic) bond motifs is 1. The summed E-state index contributed by atoms with van der Waals surface area (Å²) in [6.45, 7) is 1.98. The van der Waals surface area contributed by atoms with Crippen molar-refractivity contribution in [3.05, 3.63) is 41.8 Å². The minimum Gasteiger partial charge on any atom is -0.342 e. The largest absolute Gasteiger partial charge is 0.342 e. The molecule has 0 fully saturated rings. The molecule has 0 spiro atoms. The summed E-state index contributed by atoms with van der Waals surface area (Å²) in [5, 5.41) is 3.91. The molecule has 1 aromatic carbocycles. The van der Waals surface area contributed by atoms with E-state index in [1.165, 1.54) is 0 Å². The van der Waals surface area contributed by atoms with E-state index in [1.807, 2.05) is 31.2 Å². The number of aromatic amines is 1. The maximum Gasteiger partial charge on any atom is 0.226 e. The summed E-state index contributed by atoms with van der Waals surface area (Å²) in [7, 11) is 0. The van der Waals surface area contributed by atoms with E-state index in [9.17, 15) is 0 Å². The maximum atomic E-state index is 5.06. The van der Waals surface area contributed by atoms with Crippen LogP contribution in [0.1, 0.15) is 24.5 Å². The molecule has 1 N–H and O–H groups in total. The molecule has 0 bridgehead atoms. The van der Waals surface area contributed by atoms with E-state index in [-0.39, 0.29) is 0 Å². The molecule has 0 radical (unpaired) electrons. The Labute approximate surface area is 97.9 Å². The van der Waals surface area contributed by atoms with Crippen molar-refractivity contribution in [2.75, 3.05) is 0 Å². The molecular weight excluding hydrogens is 216 g/mol. The average Bonchev–Trinajstić information content (AvgIpc) is 2.94. The van der Waals surface area contributed by atoms with Crippen molar-refractivity contribution in [3.63, 3.8) is 0 Å². The fraction of sp³-hybridized carbons (Fsp3) is 0.250. The Morgan fingerprint density at radius 1 is 1.24 bits per heavy atom. The van der Waals surface area contributed by atoms with Gasteiger partial charge in [-0.25, -0.2) is 4.98 Å². The second kappa shape index (κ2) is 4.01. The molecule has 0 amide bonds. The van der Waals surface area contributed by atoms with Gasteiger partial charge in [-0.3, -0.25) is 0 Å². The smallest absolute Gasteiger partial charge is 0.226 e. The fourth-order valence-electron chi connectivity index (χ4n) is 1.74. The van der Waals surface area contributed by atoms with Gasteiger partial charge < -0.3 is 9.51 Å². The fourth-order valence-corrected chi connectivity index (χ4v) is 1.74. The zero-order valence-corrected chi connectivity index (χ0v) is 9.47. The third-order valence-corrected chi connectivity index (χ3v) is 2.58. The van der Waals surface area contributed by atoms with Gasteiger partial charge in [0, 0.05) is 6.42 Å². The van der Waals surface area contributed by atoms with E-state index in [0.29, 0.717) is 18.1 Å². The van der Waals surface area contributed by atoms with Crippen LogP contribution in [-0.4, -0.2) is 20.1 Å². The molecule has 0 aliphatic rings. The quantitative estimate of drug-likeness (QED) is 0.745. The number of hydrogen-bond acceptors (Lipinski definition) is 4. The van der Waals surface area contributed by atoms with Gasteiger partial charge in [0.25, 0.3) is 0 Å². The molecule has 0 aliphatic heterocycles. The van der Waals surface area contributed by atoms with Crippen LogP contribution in [0.15, 0.2) is 28.8 Å². The third-order valence-electron chi connectivity index (χ3n) is 2.58. The second-order valence-electron chi connectivity index (χ2n) is 3.84. The van der Waals surface area contributed by atoms with Crippen molar-refractivity contribution in [1.82, 2.24) is 20.1 Å². The van der Waals surface area contributed by atoms with Crippen molar-refractivity contribution >= 4 is 11.0 Å². The van der Waals surface area contributed by atoms with Crippen molar-refractivity contribution in [2.24, 2.45) is 0 Å². The molecule has 5 nitrogen and oxygen atoms in total. The lowest BCUT2D eigenvalue weighted by Gasteiger charge is -1.87. The Kier molecular flexibility index (Phi) is 2.36. The minimum atomic E-state index is 0.568. The van der Waals surface area contributed by atoms with Crippen LogP contribution in [0, 0.1) is 0 Å². The lowest BCUT2D eigenvalue weighted by molar-refractivity contribution is 0.377. The van der Waals surface area contributed by atoms with Crippen LogP contribution in [0.5, 0.6) is 0 Å². The number of para-hydroxylation sites is 2. The standard InChI is InChI=1S/C12H12N4O/c1-2-12-15-11(16-17-12)7-10-13-8-5-3-4-6-9(8)14-10/h3-6H,2,7H2,1H3,(H,13,14). The van der Waals surface area contributed by atoms with Gasteiger partial charge >= 0.3 is 0 Å². The molecule has 0 aliphatic carbocycles. The Morgan fingerprint density at radius 2 is 2.12 bits per heavy atom. The van der Waals surface area contributed by atoms with E-state index < -0.39 is 0 Å². The van der Waals surface area contributed by atoms with E-state index >= 15 is 0 Å². The molecule has 86 valence electrons. The lowest BCUT2D eigenvalue weighted by Crippen LogP contribution is -1.93. The number of nitrogens with one attached hydrogen (secondary N) is 1. The maximum absolute atomic E-state index is 5.06. The first-order valence-electron chi connectivity index (χ1n) is 5.60. The molecule has 2 aromatic heterocycles. The zero-order valence-electron chi connectivity index (χ0n) is 9.47. The predicted octanol–water partition coefficient (Wildman–Crippen LogP) is 2.10. The van der Waals surface area contributed by atoms with E-state index in [4.69, 9.17) is 4.52 Å². The van der Waals surface area contributed by atoms with Gasteiger partial charge in [-0.2, -0.15) is 4.98 Å². The van der Waals surface area contributed by atoms with Gasteiger partial charge in [-0.05, 0) is 12.1 Å². The summed E-state index contributed by atoms with van der Waals surface area (Å²) in [6.07, 6.45) is 1.32. The van der Waals surface area contributed by atoms with Crippen molar-refractivity contribution in [3.8, 4) is 0 Å². The van der Waals surface area contributed by atoms with Crippen LogP contribution in [0.4, 0.5) is 0 Å². The molecule has 17 heavy (non-hydrogen) atoms. The highest BCUT2D eigenvalue weighted by Crippen LogP contribution is 2.12. The average molecular weight is 228 g/mol. The first-order valence-corrected chi connectivity index (χ1v) is 5.60. The lowest BCUT2D eigenvalue weighted by atomic mass is 10.3. The monoisotopic (exact) mass is 228 g/mol. The Bertz CT molecular complexity index is 608. The van der Waals surface area contributed by atoms with E-state index in [0.717, 1.165) is 23.3 Å². The first kappa shape index (κ1) is 10.0. The molecule has 2 heterocycles.